The van der Waals surface area contributed by atoms with Crippen molar-refractivity contribution < 1.29 is 4.79 Å². The van der Waals surface area contributed by atoms with Crippen molar-refractivity contribution in [1.29, 1.82) is 0 Å². The van der Waals surface area contributed by atoms with Gasteiger partial charge in [-0.2, -0.15) is 0 Å². The maximum absolute atomic E-state index is 11.9. The molecular weight excluding hydrogens is 497 g/mol. The van der Waals surface area contributed by atoms with Crippen LogP contribution < -0.4 is 16.0 Å². The van der Waals surface area contributed by atoms with Gasteiger partial charge < -0.3 is 16.0 Å². The van der Waals surface area contributed by atoms with Crippen molar-refractivity contribution in [3.05, 3.63) is 45.4 Å². The average Bonchev–Trinajstić information content (AvgIpc) is 3.04. The van der Waals surface area contributed by atoms with Gasteiger partial charge in [-0.25, -0.2) is 4.98 Å². The molecule has 1 amide bonds. The van der Waals surface area contributed by atoms with Gasteiger partial charge in [0.15, 0.2) is 5.96 Å². The second kappa shape index (κ2) is 12.9. The van der Waals surface area contributed by atoms with Crippen LogP contribution in [0.2, 0.25) is 5.02 Å². The fraction of sp³-hybridized carbons (Fsp3) is 0.389. The van der Waals surface area contributed by atoms with Crippen molar-refractivity contribution in [3.8, 4) is 0 Å². The summed E-state index contributed by atoms with van der Waals surface area (Å²) >= 11 is 7.53. The number of nitrogens with one attached hydrogen (secondary N) is 3. The molecule has 0 fully saturated rings. The van der Waals surface area contributed by atoms with E-state index < -0.39 is 0 Å². The van der Waals surface area contributed by atoms with Gasteiger partial charge in [-0.15, -0.1) is 35.3 Å². The molecule has 1 aromatic carbocycles. The Hall–Kier alpha value is -1.39. The van der Waals surface area contributed by atoms with E-state index in [2.05, 4.69) is 32.9 Å². The lowest BCUT2D eigenvalue weighted by atomic mass is 10.2. The number of aryl methyl sites for hydroxylation is 1. The van der Waals surface area contributed by atoms with E-state index in [1.54, 1.807) is 42.6 Å². The number of guanidine groups is 1. The fourth-order valence-corrected chi connectivity index (χ4v) is 3.15. The van der Waals surface area contributed by atoms with Crippen molar-refractivity contribution >= 4 is 64.5 Å². The molecule has 0 saturated heterocycles. The zero-order valence-corrected chi connectivity index (χ0v) is 19.3. The average molecular weight is 522 g/mol. The van der Waals surface area contributed by atoms with E-state index in [1.165, 1.54) is 4.88 Å². The number of thiazole rings is 1. The zero-order valence-electron chi connectivity index (χ0n) is 15.4. The van der Waals surface area contributed by atoms with E-state index in [0.29, 0.717) is 24.4 Å². The molecule has 2 rings (SSSR count). The van der Waals surface area contributed by atoms with Crippen LogP contribution >= 0.6 is 46.9 Å². The fourth-order valence-electron chi connectivity index (χ4n) is 2.24. The third kappa shape index (κ3) is 9.39. The van der Waals surface area contributed by atoms with Crippen LogP contribution in [0.15, 0.2) is 35.5 Å². The molecule has 1 heterocycles. The first kappa shape index (κ1) is 23.6. The number of amides is 1. The largest absolute Gasteiger partial charge is 0.356 e. The molecule has 27 heavy (non-hydrogen) atoms. The topological polar surface area (TPSA) is 78.4 Å². The lowest BCUT2D eigenvalue weighted by Gasteiger charge is -2.11. The molecule has 0 atom stereocenters. The number of hydrogen-bond donors (Lipinski definition) is 3. The molecule has 0 radical (unpaired) electrons. The molecule has 6 nitrogen and oxygen atoms in total. The van der Waals surface area contributed by atoms with Crippen LogP contribution in [-0.2, 0) is 11.2 Å². The number of carbonyl (C=O) groups excluding carboxylic acids is 1. The molecule has 0 spiro atoms. The highest BCUT2D eigenvalue weighted by Gasteiger charge is 2.04. The number of aliphatic imine (C=N–C) groups is 1. The summed E-state index contributed by atoms with van der Waals surface area (Å²) in [6.45, 7) is 3.49. The molecule has 0 aliphatic carbocycles. The molecule has 2 aromatic rings. The monoisotopic (exact) mass is 521 g/mol. The van der Waals surface area contributed by atoms with Crippen LogP contribution in [0.5, 0.6) is 0 Å². The van der Waals surface area contributed by atoms with Crippen molar-refractivity contribution in [2.45, 2.75) is 26.2 Å². The lowest BCUT2D eigenvalue weighted by Crippen LogP contribution is -2.38. The predicted octanol–water partition coefficient (Wildman–Crippen LogP) is 3.85. The summed E-state index contributed by atoms with van der Waals surface area (Å²) in [4.78, 5) is 21.7. The predicted molar refractivity (Wildman–Crippen MR) is 125 cm³/mol. The van der Waals surface area contributed by atoms with Crippen molar-refractivity contribution in [1.82, 2.24) is 15.6 Å². The van der Waals surface area contributed by atoms with Gasteiger partial charge >= 0.3 is 0 Å². The molecule has 0 unspecified atom stereocenters. The third-order valence-electron chi connectivity index (χ3n) is 3.53. The Bertz CT molecular complexity index is 736. The van der Waals surface area contributed by atoms with Gasteiger partial charge in [0.2, 0.25) is 5.91 Å². The van der Waals surface area contributed by atoms with Crippen molar-refractivity contribution in [2.24, 2.45) is 4.99 Å². The smallest absolute Gasteiger partial charge is 0.224 e. The molecule has 9 heteroatoms. The van der Waals surface area contributed by atoms with E-state index in [-0.39, 0.29) is 29.9 Å². The Labute approximate surface area is 186 Å². The maximum atomic E-state index is 11.9. The normalized spacial score (nSPS) is 10.9. The molecular formula is C18H25ClIN5OS. The first-order valence-corrected chi connectivity index (χ1v) is 9.67. The van der Waals surface area contributed by atoms with E-state index in [9.17, 15) is 4.79 Å². The number of anilines is 1. The highest BCUT2D eigenvalue weighted by molar-refractivity contribution is 14.0. The van der Waals surface area contributed by atoms with Gasteiger partial charge in [-0.1, -0.05) is 11.6 Å². The Balaban J connectivity index is 0.00000364. The summed E-state index contributed by atoms with van der Waals surface area (Å²) in [5.41, 5.74) is 0.752. The Morgan fingerprint density at radius 3 is 2.56 bits per heavy atom. The summed E-state index contributed by atoms with van der Waals surface area (Å²) < 4.78 is 0. The summed E-state index contributed by atoms with van der Waals surface area (Å²) in [7, 11) is 1.73. The molecule has 0 aliphatic rings. The molecule has 0 aliphatic heterocycles. The molecule has 1 aromatic heterocycles. The van der Waals surface area contributed by atoms with Crippen LogP contribution in [0.25, 0.3) is 0 Å². The van der Waals surface area contributed by atoms with Crippen LogP contribution in [0.3, 0.4) is 0 Å². The SMILES string of the molecule is CN=C(NCCCC(=O)Nc1ccc(Cl)cc1)NCCc1ncc(C)s1.I. The molecule has 0 saturated carbocycles. The minimum absolute atomic E-state index is 0. The third-order valence-corrected chi connectivity index (χ3v) is 4.75. The summed E-state index contributed by atoms with van der Waals surface area (Å²) in [5, 5.41) is 11.1. The Morgan fingerprint density at radius 1 is 1.22 bits per heavy atom. The van der Waals surface area contributed by atoms with Crippen LogP contribution in [0.1, 0.15) is 22.7 Å². The van der Waals surface area contributed by atoms with E-state index in [4.69, 9.17) is 11.6 Å². The van der Waals surface area contributed by atoms with E-state index in [1.807, 2.05) is 6.20 Å². The first-order chi connectivity index (χ1) is 12.6. The van der Waals surface area contributed by atoms with Crippen molar-refractivity contribution in [2.75, 3.05) is 25.5 Å². The number of rotatable bonds is 8. The molecule has 148 valence electrons. The highest BCUT2D eigenvalue weighted by atomic mass is 127. The van der Waals surface area contributed by atoms with Gasteiger partial charge in [-0.3, -0.25) is 9.79 Å². The van der Waals surface area contributed by atoms with Gasteiger partial charge in [0.1, 0.15) is 0 Å². The van der Waals surface area contributed by atoms with Crippen LogP contribution in [0.4, 0.5) is 5.69 Å². The molecule has 0 bridgehead atoms. The number of aromatic nitrogens is 1. The Morgan fingerprint density at radius 2 is 1.93 bits per heavy atom. The van der Waals surface area contributed by atoms with Crippen LogP contribution in [0, 0.1) is 6.92 Å². The van der Waals surface area contributed by atoms with Gasteiger partial charge in [0, 0.05) is 54.8 Å². The minimum atomic E-state index is -0.0174. The number of hydrogen-bond acceptors (Lipinski definition) is 4. The van der Waals surface area contributed by atoms with Crippen molar-refractivity contribution in [3.63, 3.8) is 0 Å². The number of halogens is 2. The lowest BCUT2D eigenvalue weighted by molar-refractivity contribution is -0.116. The number of carbonyl (C=O) groups is 1. The second-order valence-electron chi connectivity index (χ2n) is 5.70. The maximum Gasteiger partial charge on any atom is 0.224 e. The highest BCUT2D eigenvalue weighted by Crippen LogP contribution is 2.13. The summed E-state index contributed by atoms with van der Waals surface area (Å²) in [5.74, 6) is 0.715. The number of nitrogens with zero attached hydrogens (tertiary/aromatic N) is 2. The standard InChI is InChI=1S/C18H24ClN5OS.HI/c1-13-12-23-17(26-13)9-11-22-18(20-2)21-10-3-4-16(25)24-15-7-5-14(19)6-8-15;/h5-8,12H,3-4,9-11H2,1-2H3,(H,24,25)(H2,20,21,22);1H. The minimum Gasteiger partial charge on any atom is -0.356 e. The summed E-state index contributed by atoms with van der Waals surface area (Å²) in [6, 6.07) is 7.07. The van der Waals surface area contributed by atoms with Gasteiger partial charge in [0.05, 0.1) is 5.01 Å². The number of benzene rings is 1. The van der Waals surface area contributed by atoms with E-state index >= 15 is 0 Å². The zero-order chi connectivity index (χ0) is 18.8. The summed E-state index contributed by atoms with van der Waals surface area (Å²) in [6.07, 6.45) is 3.90. The second-order valence-corrected chi connectivity index (χ2v) is 7.45. The van der Waals surface area contributed by atoms with E-state index in [0.717, 1.165) is 29.6 Å². The van der Waals surface area contributed by atoms with Gasteiger partial charge in [0.25, 0.3) is 0 Å². The molecule has 3 N–H and O–H groups in total. The Kier molecular flexibility index (Phi) is 11.3. The quantitative estimate of drug-likeness (QED) is 0.213. The van der Waals surface area contributed by atoms with Crippen LogP contribution in [-0.4, -0.2) is 37.0 Å². The first-order valence-electron chi connectivity index (χ1n) is 8.48. The van der Waals surface area contributed by atoms with Gasteiger partial charge in [-0.05, 0) is 37.6 Å².